The van der Waals surface area contributed by atoms with Crippen LogP contribution >= 0.6 is 0 Å². The number of ether oxygens (including phenoxy) is 1. The van der Waals surface area contributed by atoms with Crippen molar-refractivity contribution in [3.05, 3.63) is 23.9 Å². The molecule has 0 radical (unpaired) electrons. The third-order valence-corrected chi connectivity index (χ3v) is 5.39. The molecule has 24 heavy (non-hydrogen) atoms. The van der Waals surface area contributed by atoms with E-state index in [1.807, 2.05) is 12.1 Å². The first-order chi connectivity index (χ1) is 11.5. The predicted molar refractivity (Wildman–Crippen MR) is 93.0 cm³/mol. The van der Waals surface area contributed by atoms with Crippen LogP contribution in [-0.2, 0) is 6.54 Å². The summed E-state index contributed by atoms with van der Waals surface area (Å²) in [5.74, 6) is 0.680. The third-order valence-electron chi connectivity index (χ3n) is 5.39. The summed E-state index contributed by atoms with van der Waals surface area (Å²) in [6.45, 7) is 3.09. The number of rotatable bonds is 4. The molecule has 1 aromatic heterocycles. The smallest absolute Gasteiger partial charge is 0.317 e. The van der Waals surface area contributed by atoms with Gasteiger partial charge in [-0.05, 0) is 50.3 Å². The van der Waals surface area contributed by atoms with E-state index in [-0.39, 0.29) is 6.03 Å². The maximum absolute atomic E-state index is 11.7. The lowest BCUT2D eigenvalue weighted by molar-refractivity contribution is 0.00599. The van der Waals surface area contributed by atoms with Crippen LogP contribution in [0.15, 0.2) is 18.2 Å². The van der Waals surface area contributed by atoms with E-state index in [1.165, 1.54) is 12.8 Å². The van der Waals surface area contributed by atoms with Crippen molar-refractivity contribution in [2.75, 3.05) is 34.3 Å². The minimum Gasteiger partial charge on any atom is -0.481 e. The zero-order valence-corrected chi connectivity index (χ0v) is 14.9. The number of carbonyl (C=O) groups is 1. The van der Waals surface area contributed by atoms with Gasteiger partial charge in [0.1, 0.15) is 0 Å². The number of nitrogens with one attached hydrogen (secondary N) is 1. The fourth-order valence-corrected chi connectivity index (χ4v) is 3.87. The van der Waals surface area contributed by atoms with Crippen LogP contribution in [-0.4, -0.2) is 61.2 Å². The van der Waals surface area contributed by atoms with Gasteiger partial charge < -0.3 is 15.0 Å². The summed E-state index contributed by atoms with van der Waals surface area (Å²) in [4.78, 5) is 20.3. The number of carbonyl (C=O) groups excluding carboxylic acids is 1. The van der Waals surface area contributed by atoms with E-state index in [0.717, 1.165) is 38.2 Å². The van der Waals surface area contributed by atoms with Gasteiger partial charge in [-0.25, -0.2) is 9.78 Å². The Morgan fingerprint density at radius 3 is 2.71 bits per heavy atom. The highest BCUT2D eigenvalue weighted by atomic mass is 16.5. The van der Waals surface area contributed by atoms with Gasteiger partial charge in [-0.15, -0.1) is 0 Å². The summed E-state index contributed by atoms with van der Waals surface area (Å²) in [5, 5.41) is 3.10. The zero-order chi connectivity index (χ0) is 17.2. The van der Waals surface area contributed by atoms with Crippen LogP contribution in [0.5, 0.6) is 5.88 Å². The van der Waals surface area contributed by atoms with E-state index in [9.17, 15) is 4.79 Å². The van der Waals surface area contributed by atoms with Gasteiger partial charge in [-0.2, -0.15) is 0 Å². The Bertz CT molecular complexity index is 574. The highest BCUT2D eigenvalue weighted by Gasteiger charge is 2.46. The van der Waals surface area contributed by atoms with E-state index in [1.54, 1.807) is 26.1 Å². The first kappa shape index (κ1) is 17.0. The summed E-state index contributed by atoms with van der Waals surface area (Å²) < 4.78 is 5.20. The molecule has 6 nitrogen and oxygen atoms in total. The van der Waals surface area contributed by atoms with Gasteiger partial charge in [0.25, 0.3) is 0 Å². The molecule has 0 unspecified atom stereocenters. The van der Waals surface area contributed by atoms with Gasteiger partial charge in [-0.1, -0.05) is 6.07 Å². The van der Waals surface area contributed by atoms with Gasteiger partial charge in [-0.3, -0.25) is 4.90 Å². The maximum Gasteiger partial charge on any atom is 0.317 e. The molecule has 2 aliphatic rings. The minimum absolute atomic E-state index is 0.0244. The second-order valence-electron chi connectivity index (χ2n) is 7.40. The number of pyridine rings is 1. The molecular weight excluding hydrogens is 304 g/mol. The summed E-state index contributed by atoms with van der Waals surface area (Å²) in [6, 6.07) is 6.31. The Morgan fingerprint density at radius 2 is 2.08 bits per heavy atom. The average Bonchev–Trinajstić information content (AvgIpc) is 2.55. The van der Waals surface area contributed by atoms with Crippen LogP contribution in [0.2, 0.25) is 0 Å². The van der Waals surface area contributed by atoms with Crippen LogP contribution in [0.3, 0.4) is 0 Å². The molecule has 1 saturated heterocycles. The second kappa shape index (κ2) is 6.97. The first-order valence-corrected chi connectivity index (χ1v) is 8.70. The number of likely N-dealkylation sites (tertiary alicyclic amines) is 1. The summed E-state index contributed by atoms with van der Waals surface area (Å²) in [6.07, 6.45) is 4.67. The summed E-state index contributed by atoms with van der Waals surface area (Å²) in [7, 11) is 5.22. The van der Waals surface area contributed by atoms with Gasteiger partial charge in [0.05, 0.1) is 12.8 Å². The Hall–Kier alpha value is -1.82. The van der Waals surface area contributed by atoms with Gasteiger partial charge in [0.2, 0.25) is 5.88 Å². The molecule has 132 valence electrons. The number of hydrogen-bond donors (Lipinski definition) is 1. The number of methoxy groups -OCH3 is 1. The largest absolute Gasteiger partial charge is 0.481 e. The van der Waals surface area contributed by atoms with Crippen LogP contribution in [0, 0.1) is 5.41 Å². The van der Waals surface area contributed by atoms with E-state index in [2.05, 4.69) is 21.3 Å². The van der Waals surface area contributed by atoms with Crippen molar-refractivity contribution in [2.45, 2.75) is 38.3 Å². The number of piperidine rings is 1. The molecule has 0 aromatic carbocycles. The Balaban J connectivity index is 1.44. The molecule has 1 spiro atoms. The molecule has 1 aliphatic carbocycles. The predicted octanol–water partition coefficient (Wildman–Crippen LogP) is 2.11. The topological polar surface area (TPSA) is 57.7 Å². The molecule has 1 N–H and O–H groups in total. The molecular formula is C18H28N4O2. The number of aromatic nitrogens is 1. The standard InChI is InChI=1S/C18H28N4O2/c1-21(2)17(23)20-15-11-18(12-15)7-9-22(10-8-18)13-14-5-4-6-16(19-14)24-3/h4-6,15H,7-13H2,1-3H3,(H,20,23). The number of urea groups is 1. The quantitative estimate of drug-likeness (QED) is 0.917. The van der Waals surface area contributed by atoms with Gasteiger partial charge in [0.15, 0.2) is 0 Å². The lowest BCUT2D eigenvalue weighted by Crippen LogP contribution is -2.56. The van der Waals surface area contributed by atoms with Crippen molar-refractivity contribution in [2.24, 2.45) is 5.41 Å². The molecule has 0 bridgehead atoms. The van der Waals surface area contributed by atoms with Crippen molar-refractivity contribution in [3.63, 3.8) is 0 Å². The van der Waals surface area contributed by atoms with E-state index in [4.69, 9.17) is 4.74 Å². The minimum atomic E-state index is 0.0244. The summed E-state index contributed by atoms with van der Waals surface area (Å²) in [5.41, 5.74) is 1.51. The molecule has 1 saturated carbocycles. The fourth-order valence-electron chi connectivity index (χ4n) is 3.87. The Kier molecular flexibility index (Phi) is 4.94. The van der Waals surface area contributed by atoms with E-state index >= 15 is 0 Å². The van der Waals surface area contributed by atoms with Crippen LogP contribution in [0.1, 0.15) is 31.4 Å². The first-order valence-electron chi connectivity index (χ1n) is 8.70. The molecule has 1 aliphatic heterocycles. The highest BCUT2D eigenvalue weighted by molar-refractivity contribution is 5.74. The molecule has 6 heteroatoms. The summed E-state index contributed by atoms with van der Waals surface area (Å²) >= 11 is 0. The third kappa shape index (κ3) is 3.80. The highest BCUT2D eigenvalue weighted by Crippen LogP contribution is 2.49. The van der Waals surface area contributed by atoms with Crippen molar-refractivity contribution in [3.8, 4) is 5.88 Å². The normalized spacial score (nSPS) is 20.5. The molecule has 1 aromatic rings. The van der Waals surface area contributed by atoms with Crippen molar-refractivity contribution >= 4 is 6.03 Å². The number of amides is 2. The average molecular weight is 332 g/mol. The zero-order valence-electron chi connectivity index (χ0n) is 14.9. The molecule has 3 rings (SSSR count). The van der Waals surface area contributed by atoms with Crippen molar-refractivity contribution in [1.82, 2.24) is 20.1 Å². The van der Waals surface area contributed by atoms with Crippen molar-refractivity contribution in [1.29, 1.82) is 0 Å². The monoisotopic (exact) mass is 332 g/mol. The molecule has 0 atom stereocenters. The Labute approximate surface area is 144 Å². The SMILES string of the molecule is COc1cccc(CN2CCC3(CC2)CC(NC(=O)N(C)C)C3)n1. The van der Waals surface area contributed by atoms with Crippen LogP contribution < -0.4 is 10.1 Å². The lowest BCUT2D eigenvalue weighted by atomic mass is 9.60. The molecule has 2 amide bonds. The van der Waals surface area contributed by atoms with Gasteiger partial charge >= 0.3 is 6.03 Å². The fraction of sp³-hybridized carbons (Fsp3) is 0.667. The maximum atomic E-state index is 11.7. The molecule has 2 fully saturated rings. The number of hydrogen-bond acceptors (Lipinski definition) is 4. The van der Waals surface area contributed by atoms with Crippen molar-refractivity contribution < 1.29 is 9.53 Å². The second-order valence-corrected chi connectivity index (χ2v) is 7.40. The van der Waals surface area contributed by atoms with Crippen LogP contribution in [0.25, 0.3) is 0 Å². The lowest BCUT2D eigenvalue weighted by Gasteiger charge is -2.52. The van der Waals surface area contributed by atoms with E-state index in [0.29, 0.717) is 17.3 Å². The Morgan fingerprint density at radius 1 is 1.38 bits per heavy atom. The molecule has 2 heterocycles. The van der Waals surface area contributed by atoms with Gasteiger partial charge in [0, 0.05) is 32.7 Å². The van der Waals surface area contributed by atoms with Crippen LogP contribution in [0.4, 0.5) is 4.79 Å². The number of nitrogens with zero attached hydrogens (tertiary/aromatic N) is 3. The van der Waals surface area contributed by atoms with E-state index < -0.39 is 0 Å².